The van der Waals surface area contributed by atoms with Crippen LogP contribution in [0.25, 0.3) is 0 Å². The Balaban J connectivity index is 3.22. The lowest BCUT2D eigenvalue weighted by Gasteiger charge is -2.16. The van der Waals surface area contributed by atoms with Crippen LogP contribution in [-0.2, 0) is 10.2 Å². The summed E-state index contributed by atoms with van der Waals surface area (Å²) in [5, 5.41) is 9.03. The van der Waals surface area contributed by atoms with Crippen LogP contribution in [0.5, 0.6) is 0 Å². The minimum Gasteiger partial charge on any atom is -0.283 e. The summed E-state index contributed by atoms with van der Waals surface area (Å²) >= 11 is 1.53. The fourth-order valence-electron chi connectivity index (χ4n) is 1.19. The topological polar surface area (TPSA) is 53.8 Å². The van der Waals surface area contributed by atoms with Gasteiger partial charge in [0.2, 0.25) is 0 Å². The predicted octanol–water partition coefficient (Wildman–Crippen LogP) is 2.45. The van der Waals surface area contributed by atoms with Gasteiger partial charge in [-0.2, -0.15) is 5.26 Å². The molecule has 0 atom stereocenters. The molecule has 0 fully saturated rings. The van der Waals surface area contributed by atoms with Crippen molar-refractivity contribution in [3.05, 3.63) is 23.5 Å². The van der Waals surface area contributed by atoms with E-state index < -0.39 is 5.41 Å². The minimum absolute atomic E-state index is 0.323. The lowest BCUT2D eigenvalue weighted by atomic mass is 9.87. The van der Waals surface area contributed by atoms with Gasteiger partial charge < -0.3 is 0 Å². The molecule has 0 N–H and O–H groups in total. The number of nitriles is 1. The van der Waals surface area contributed by atoms with Gasteiger partial charge in [0.15, 0.2) is 0 Å². The summed E-state index contributed by atoms with van der Waals surface area (Å²) in [6.45, 7) is 5.66. The normalized spacial score (nSPS) is 10.9. The second kappa shape index (κ2) is 5.13. The van der Waals surface area contributed by atoms with Crippen LogP contribution in [0.2, 0.25) is 0 Å². The highest BCUT2D eigenvalue weighted by molar-refractivity contribution is 7.99. The maximum Gasteiger partial charge on any atom is 0.254 e. The van der Waals surface area contributed by atoms with E-state index in [1.807, 2.05) is 33.1 Å². The summed E-state index contributed by atoms with van der Waals surface area (Å²) in [7, 11) is 0. The van der Waals surface area contributed by atoms with Gasteiger partial charge in [0.1, 0.15) is 5.69 Å². The highest BCUT2D eigenvalue weighted by Gasteiger charge is 2.21. The number of pyridine rings is 1. The SMILES string of the molecule is CCSc1cc(C(C)(C)C#N)cnc1[C]=O. The quantitative estimate of drug-likeness (QED) is 0.749. The van der Waals surface area contributed by atoms with E-state index in [1.165, 1.54) is 11.8 Å². The smallest absolute Gasteiger partial charge is 0.254 e. The van der Waals surface area contributed by atoms with E-state index in [0.717, 1.165) is 16.2 Å². The lowest BCUT2D eigenvalue weighted by Crippen LogP contribution is -2.14. The van der Waals surface area contributed by atoms with Gasteiger partial charge >= 0.3 is 0 Å². The van der Waals surface area contributed by atoms with Crippen LogP contribution in [0.15, 0.2) is 17.2 Å². The zero-order chi connectivity index (χ0) is 12.2. The number of hydrogen-bond donors (Lipinski definition) is 0. The van der Waals surface area contributed by atoms with Gasteiger partial charge in [0, 0.05) is 11.1 Å². The Morgan fingerprint density at radius 1 is 1.56 bits per heavy atom. The number of hydrogen-bond acceptors (Lipinski definition) is 4. The van der Waals surface area contributed by atoms with E-state index in [4.69, 9.17) is 5.26 Å². The van der Waals surface area contributed by atoms with Gasteiger partial charge in [-0.05, 0) is 31.2 Å². The summed E-state index contributed by atoms with van der Waals surface area (Å²) in [6.07, 6.45) is 3.38. The van der Waals surface area contributed by atoms with E-state index in [-0.39, 0.29) is 0 Å². The molecule has 0 aromatic carbocycles. The van der Waals surface area contributed by atoms with Crippen LogP contribution in [0.4, 0.5) is 0 Å². The fourth-order valence-corrected chi connectivity index (χ4v) is 1.95. The lowest BCUT2D eigenvalue weighted by molar-refractivity contribution is 0.560. The molecule has 0 aliphatic rings. The Hall–Kier alpha value is -1.34. The molecule has 4 heteroatoms. The maximum atomic E-state index is 10.7. The number of aromatic nitrogens is 1. The Morgan fingerprint density at radius 3 is 2.75 bits per heavy atom. The van der Waals surface area contributed by atoms with Gasteiger partial charge in [-0.3, -0.25) is 9.78 Å². The molecule has 1 rings (SSSR count). The van der Waals surface area contributed by atoms with E-state index >= 15 is 0 Å². The zero-order valence-electron chi connectivity index (χ0n) is 9.57. The molecule has 1 aromatic heterocycles. The Labute approximate surface area is 99.9 Å². The van der Waals surface area contributed by atoms with Crippen LogP contribution >= 0.6 is 11.8 Å². The standard InChI is InChI=1S/C12H13N2OS/c1-4-16-11-5-9(12(2,3)8-13)6-14-10(11)7-15/h5-6H,4H2,1-3H3. The molecule has 1 heterocycles. The third-order valence-electron chi connectivity index (χ3n) is 2.25. The highest BCUT2D eigenvalue weighted by atomic mass is 32.2. The molecule has 1 aromatic rings. The Kier molecular flexibility index (Phi) is 4.08. The third-order valence-corrected chi connectivity index (χ3v) is 3.16. The van der Waals surface area contributed by atoms with Gasteiger partial charge in [-0.1, -0.05) is 6.92 Å². The number of thioether (sulfide) groups is 1. The molecule has 0 aliphatic carbocycles. The largest absolute Gasteiger partial charge is 0.283 e. The molecule has 0 bridgehead atoms. The molecular weight excluding hydrogens is 220 g/mol. The first-order chi connectivity index (χ1) is 7.55. The van der Waals surface area contributed by atoms with Gasteiger partial charge in [-0.25, -0.2) is 0 Å². The molecule has 0 saturated carbocycles. The molecule has 0 spiro atoms. The Bertz CT molecular complexity index is 435. The summed E-state index contributed by atoms with van der Waals surface area (Å²) < 4.78 is 0. The van der Waals surface area contributed by atoms with Crippen molar-refractivity contribution in [1.29, 1.82) is 5.26 Å². The van der Waals surface area contributed by atoms with Crippen LogP contribution in [0, 0.1) is 11.3 Å². The van der Waals surface area contributed by atoms with Crippen molar-refractivity contribution in [2.24, 2.45) is 0 Å². The number of rotatable bonds is 4. The monoisotopic (exact) mass is 233 g/mol. The van der Waals surface area contributed by atoms with Crippen LogP contribution in [-0.4, -0.2) is 17.0 Å². The first-order valence-corrected chi connectivity index (χ1v) is 5.96. The highest BCUT2D eigenvalue weighted by Crippen LogP contribution is 2.27. The van der Waals surface area contributed by atoms with Crippen molar-refractivity contribution >= 4 is 18.0 Å². The number of carbonyl (C=O) groups excluding carboxylic acids is 1. The van der Waals surface area contributed by atoms with Crippen molar-refractivity contribution in [3.8, 4) is 6.07 Å². The van der Waals surface area contributed by atoms with Crippen molar-refractivity contribution in [1.82, 2.24) is 4.98 Å². The first-order valence-electron chi connectivity index (χ1n) is 4.98. The molecule has 0 aliphatic heterocycles. The van der Waals surface area contributed by atoms with E-state index in [1.54, 1.807) is 6.20 Å². The maximum absolute atomic E-state index is 10.7. The molecule has 83 valence electrons. The van der Waals surface area contributed by atoms with Crippen LogP contribution < -0.4 is 0 Å². The second-order valence-electron chi connectivity index (χ2n) is 3.84. The number of nitrogens with zero attached hydrogens (tertiary/aromatic N) is 2. The summed E-state index contributed by atoms with van der Waals surface area (Å²) in [6, 6.07) is 4.07. The molecule has 0 saturated heterocycles. The molecule has 16 heavy (non-hydrogen) atoms. The molecular formula is C12H13N2OS. The van der Waals surface area contributed by atoms with Crippen molar-refractivity contribution in [2.45, 2.75) is 31.1 Å². The third kappa shape index (κ3) is 2.61. The average molecular weight is 233 g/mol. The summed E-state index contributed by atoms with van der Waals surface area (Å²) in [5.74, 6) is 0.854. The molecule has 3 nitrogen and oxygen atoms in total. The van der Waals surface area contributed by atoms with E-state index in [9.17, 15) is 4.79 Å². The average Bonchev–Trinajstić information content (AvgIpc) is 2.29. The van der Waals surface area contributed by atoms with Crippen LogP contribution in [0.1, 0.15) is 32.0 Å². The summed E-state index contributed by atoms with van der Waals surface area (Å²) in [5.41, 5.74) is 0.562. The zero-order valence-corrected chi connectivity index (χ0v) is 10.4. The van der Waals surface area contributed by atoms with Crippen molar-refractivity contribution in [3.63, 3.8) is 0 Å². The molecule has 0 amide bonds. The molecule has 1 radical (unpaired) electrons. The Morgan fingerprint density at radius 2 is 2.25 bits per heavy atom. The van der Waals surface area contributed by atoms with E-state index in [2.05, 4.69) is 11.1 Å². The minimum atomic E-state index is -0.586. The van der Waals surface area contributed by atoms with Crippen molar-refractivity contribution < 1.29 is 4.79 Å². The van der Waals surface area contributed by atoms with Gasteiger partial charge in [0.05, 0.1) is 11.5 Å². The predicted molar refractivity (Wildman–Crippen MR) is 64.1 cm³/mol. The molecule has 0 unspecified atom stereocenters. The summed E-state index contributed by atoms with van der Waals surface area (Å²) in [4.78, 5) is 15.5. The van der Waals surface area contributed by atoms with Crippen LogP contribution in [0.3, 0.4) is 0 Å². The fraction of sp³-hybridized carbons (Fsp3) is 0.417. The van der Waals surface area contributed by atoms with Gasteiger partial charge in [-0.15, -0.1) is 11.8 Å². The first kappa shape index (κ1) is 12.7. The van der Waals surface area contributed by atoms with Crippen molar-refractivity contribution in [2.75, 3.05) is 5.75 Å². The van der Waals surface area contributed by atoms with E-state index in [0.29, 0.717) is 5.69 Å². The second-order valence-corrected chi connectivity index (χ2v) is 5.15. The van der Waals surface area contributed by atoms with Gasteiger partial charge in [0.25, 0.3) is 6.29 Å².